The van der Waals surface area contributed by atoms with Crippen LogP contribution >= 0.6 is 12.2 Å². The number of methoxy groups -OCH3 is 1. The highest BCUT2D eigenvalue weighted by Crippen LogP contribution is 2.16. The molecule has 7 heteroatoms. The highest BCUT2D eigenvalue weighted by atomic mass is 32.1. The normalized spacial score (nSPS) is 13.3. The summed E-state index contributed by atoms with van der Waals surface area (Å²) in [6, 6.07) is -0.111. The second-order valence-corrected chi connectivity index (χ2v) is 4.23. The molecule has 0 heterocycles. The Balaban J connectivity index is 4.33. The van der Waals surface area contributed by atoms with Gasteiger partial charge in [0.25, 0.3) is 0 Å². The highest BCUT2D eigenvalue weighted by molar-refractivity contribution is 7.80. The van der Waals surface area contributed by atoms with Gasteiger partial charge in [-0.15, -0.1) is 0 Å². The van der Waals surface area contributed by atoms with E-state index in [-0.39, 0.29) is 17.7 Å². The summed E-state index contributed by atoms with van der Waals surface area (Å²) in [7, 11) is 1.53. The van der Waals surface area contributed by atoms with Crippen LogP contribution < -0.4 is 5.32 Å². The molecule has 1 unspecified atom stereocenters. The molecule has 0 aliphatic carbocycles. The Morgan fingerprint density at radius 3 is 2.47 bits per heavy atom. The van der Waals surface area contributed by atoms with E-state index < -0.39 is 12.7 Å². The first-order valence-electron chi connectivity index (χ1n) is 5.41. The number of ether oxygens (including phenoxy) is 1. The zero-order valence-electron chi connectivity index (χ0n) is 10.3. The number of alkyl halides is 3. The van der Waals surface area contributed by atoms with Crippen molar-refractivity contribution in [1.82, 2.24) is 10.2 Å². The van der Waals surface area contributed by atoms with Crippen molar-refractivity contribution < 1.29 is 17.9 Å². The van der Waals surface area contributed by atoms with Gasteiger partial charge in [0.1, 0.15) is 6.54 Å². The summed E-state index contributed by atoms with van der Waals surface area (Å²) < 4.78 is 41.8. The average molecular weight is 272 g/mol. The molecule has 0 saturated carbocycles. The van der Waals surface area contributed by atoms with E-state index in [4.69, 9.17) is 17.0 Å². The molecule has 0 rings (SSSR count). The molecule has 0 aromatic carbocycles. The van der Waals surface area contributed by atoms with Gasteiger partial charge in [-0.05, 0) is 25.6 Å². The molecule has 102 valence electrons. The second kappa shape index (κ2) is 7.71. The van der Waals surface area contributed by atoms with Gasteiger partial charge < -0.3 is 15.0 Å². The van der Waals surface area contributed by atoms with E-state index >= 15 is 0 Å². The summed E-state index contributed by atoms with van der Waals surface area (Å²) in [5.41, 5.74) is 0. The average Bonchev–Trinajstić information content (AvgIpc) is 2.15. The van der Waals surface area contributed by atoms with E-state index in [9.17, 15) is 13.2 Å². The van der Waals surface area contributed by atoms with E-state index in [0.29, 0.717) is 13.0 Å². The SMILES string of the molecule is CCCN(CC(F)(F)F)C(=S)NC(C)COC. The number of hydrogen-bond acceptors (Lipinski definition) is 2. The Morgan fingerprint density at radius 2 is 2.06 bits per heavy atom. The summed E-state index contributed by atoms with van der Waals surface area (Å²) in [6.45, 7) is 3.27. The van der Waals surface area contributed by atoms with Crippen molar-refractivity contribution in [3.63, 3.8) is 0 Å². The van der Waals surface area contributed by atoms with Gasteiger partial charge in [-0.3, -0.25) is 0 Å². The Morgan fingerprint density at radius 1 is 1.47 bits per heavy atom. The van der Waals surface area contributed by atoms with E-state index in [2.05, 4.69) is 5.32 Å². The first-order valence-corrected chi connectivity index (χ1v) is 5.82. The molecule has 1 N–H and O–H groups in total. The molecule has 1 atom stereocenters. The quantitative estimate of drug-likeness (QED) is 0.749. The molecule has 0 aliphatic rings. The van der Waals surface area contributed by atoms with Gasteiger partial charge in [0.05, 0.1) is 6.61 Å². The number of nitrogens with one attached hydrogen (secondary N) is 1. The maximum atomic E-state index is 12.3. The van der Waals surface area contributed by atoms with Gasteiger partial charge in [0, 0.05) is 19.7 Å². The van der Waals surface area contributed by atoms with Crippen molar-refractivity contribution in [2.75, 3.05) is 26.8 Å². The topological polar surface area (TPSA) is 24.5 Å². The van der Waals surface area contributed by atoms with Gasteiger partial charge in [-0.1, -0.05) is 6.92 Å². The fourth-order valence-electron chi connectivity index (χ4n) is 1.33. The lowest BCUT2D eigenvalue weighted by Crippen LogP contribution is -2.48. The first-order chi connectivity index (χ1) is 7.80. The van der Waals surface area contributed by atoms with Crippen LogP contribution in [0.5, 0.6) is 0 Å². The third-order valence-electron chi connectivity index (χ3n) is 1.94. The fourth-order valence-corrected chi connectivity index (χ4v) is 1.69. The Kier molecular flexibility index (Phi) is 7.45. The van der Waals surface area contributed by atoms with Crippen LogP contribution in [0.25, 0.3) is 0 Å². The Hall–Kier alpha value is -0.560. The van der Waals surface area contributed by atoms with Crippen LogP contribution in [-0.2, 0) is 4.74 Å². The molecule has 0 bridgehead atoms. The molecule has 17 heavy (non-hydrogen) atoms. The molecule has 0 radical (unpaired) electrons. The minimum absolute atomic E-state index is 0.111. The Bertz CT molecular complexity index is 236. The molecule has 0 spiro atoms. The molecule has 0 aliphatic heterocycles. The third-order valence-corrected chi connectivity index (χ3v) is 2.31. The third kappa shape index (κ3) is 8.20. The predicted molar refractivity (Wildman–Crippen MR) is 65.0 cm³/mol. The van der Waals surface area contributed by atoms with Crippen LogP contribution in [0.2, 0.25) is 0 Å². The zero-order chi connectivity index (χ0) is 13.5. The van der Waals surface area contributed by atoms with E-state index in [1.807, 2.05) is 6.92 Å². The van der Waals surface area contributed by atoms with Crippen LogP contribution in [0.3, 0.4) is 0 Å². The molecule has 3 nitrogen and oxygen atoms in total. The number of thiocarbonyl (C=S) groups is 1. The lowest BCUT2D eigenvalue weighted by atomic mass is 10.3. The van der Waals surface area contributed by atoms with Gasteiger partial charge >= 0.3 is 6.18 Å². The standard InChI is InChI=1S/C10H19F3N2OS/c1-4-5-15(7-10(11,12)13)9(17)14-8(2)6-16-3/h8H,4-7H2,1-3H3,(H,14,17). The summed E-state index contributed by atoms with van der Waals surface area (Å²) in [5, 5.41) is 2.94. The molecule has 0 amide bonds. The van der Waals surface area contributed by atoms with Gasteiger partial charge in [0.2, 0.25) is 0 Å². The summed E-state index contributed by atoms with van der Waals surface area (Å²) in [4.78, 5) is 1.13. The van der Waals surface area contributed by atoms with Crippen molar-refractivity contribution in [3.05, 3.63) is 0 Å². The van der Waals surface area contributed by atoms with Gasteiger partial charge in [0.15, 0.2) is 5.11 Å². The van der Waals surface area contributed by atoms with Crippen LogP contribution in [0.4, 0.5) is 13.2 Å². The monoisotopic (exact) mass is 272 g/mol. The largest absolute Gasteiger partial charge is 0.406 e. The fraction of sp³-hybridized carbons (Fsp3) is 0.900. The van der Waals surface area contributed by atoms with Crippen molar-refractivity contribution in [1.29, 1.82) is 0 Å². The van der Waals surface area contributed by atoms with Gasteiger partial charge in [-0.25, -0.2) is 0 Å². The van der Waals surface area contributed by atoms with E-state index in [0.717, 1.165) is 4.90 Å². The minimum atomic E-state index is -4.24. The van der Waals surface area contributed by atoms with Crippen LogP contribution in [0.1, 0.15) is 20.3 Å². The molecule has 0 saturated heterocycles. The van der Waals surface area contributed by atoms with Crippen LogP contribution in [-0.4, -0.2) is 49.0 Å². The van der Waals surface area contributed by atoms with Crippen LogP contribution in [0.15, 0.2) is 0 Å². The first kappa shape index (κ1) is 16.4. The number of hydrogen-bond donors (Lipinski definition) is 1. The molecular weight excluding hydrogens is 253 g/mol. The number of nitrogens with zero attached hydrogens (tertiary/aromatic N) is 1. The zero-order valence-corrected chi connectivity index (χ0v) is 11.1. The van der Waals surface area contributed by atoms with Crippen molar-refractivity contribution in [2.24, 2.45) is 0 Å². The second-order valence-electron chi connectivity index (χ2n) is 3.84. The lowest BCUT2D eigenvalue weighted by Gasteiger charge is -2.28. The molecular formula is C10H19F3N2OS. The number of halogens is 3. The van der Waals surface area contributed by atoms with Gasteiger partial charge in [-0.2, -0.15) is 13.2 Å². The summed E-state index contributed by atoms with van der Waals surface area (Å²) >= 11 is 4.96. The number of rotatable bonds is 6. The Labute approximate surface area is 105 Å². The molecule has 0 aromatic rings. The molecule has 0 aromatic heterocycles. The lowest BCUT2D eigenvalue weighted by molar-refractivity contribution is -0.137. The minimum Gasteiger partial charge on any atom is -0.383 e. The van der Waals surface area contributed by atoms with E-state index in [1.165, 1.54) is 7.11 Å². The highest BCUT2D eigenvalue weighted by Gasteiger charge is 2.31. The predicted octanol–water partition coefficient (Wildman–Crippen LogP) is 2.17. The molecule has 0 fully saturated rings. The maximum Gasteiger partial charge on any atom is 0.406 e. The van der Waals surface area contributed by atoms with Crippen molar-refractivity contribution in [2.45, 2.75) is 32.5 Å². The van der Waals surface area contributed by atoms with E-state index in [1.54, 1.807) is 6.92 Å². The smallest absolute Gasteiger partial charge is 0.383 e. The van der Waals surface area contributed by atoms with Crippen LogP contribution in [0, 0.1) is 0 Å². The summed E-state index contributed by atoms with van der Waals surface area (Å²) in [6.07, 6.45) is -3.64. The van der Waals surface area contributed by atoms with Crippen molar-refractivity contribution in [3.8, 4) is 0 Å². The van der Waals surface area contributed by atoms with Crippen molar-refractivity contribution >= 4 is 17.3 Å². The maximum absolute atomic E-state index is 12.3. The summed E-state index contributed by atoms with van der Waals surface area (Å²) in [5.74, 6) is 0.